The molecule has 0 radical (unpaired) electrons. The van der Waals surface area contributed by atoms with Crippen LogP contribution in [0, 0.1) is 0 Å². The minimum atomic E-state index is -4.99. The van der Waals surface area contributed by atoms with E-state index in [1.807, 2.05) is 18.2 Å². The summed E-state index contributed by atoms with van der Waals surface area (Å²) in [4.78, 5) is 72.6. The van der Waals surface area contributed by atoms with E-state index >= 15 is 0 Å². The third-order valence-corrected chi connectivity index (χ3v) is 16.5. The minimum absolute atomic E-state index is 0.0717. The number of phosphoric acid groups is 2. The maximum absolute atomic E-state index is 13.0. The Morgan fingerprint density at radius 1 is 0.312 bits per heavy atom. The predicted molar refractivity (Wildman–Crippen MR) is 390 cm³/mol. The van der Waals surface area contributed by atoms with Crippen molar-refractivity contribution in [1.29, 1.82) is 0 Å². The summed E-state index contributed by atoms with van der Waals surface area (Å²) in [7, 11) is -9.98. The number of carbonyl (C=O) groups is 4. The summed E-state index contributed by atoms with van der Waals surface area (Å²) in [5.74, 6) is -2.37. The maximum Gasteiger partial charge on any atom is 0.472 e. The summed E-state index contributed by atoms with van der Waals surface area (Å²) in [6.45, 7) is 4.41. The van der Waals surface area contributed by atoms with Gasteiger partial charge in [0.1, 0.15) is 19.3 Å². The third-order valence-electron chi connectivity index (χ3n) is 14.6. The van der Waals surface area contributed by atoms with Crippen LogP contribution in [0.5, 0.6) is 0 Å². The Kier molecular flexibility index (Phi) is 65.3. The van der Waals surface area contributed by atoms with E-state index in [4.69, 9.17) is 37.0 Å². The fraction of sp³-hybridized carbons (Fsp3) is 0.662. The van der Waals surface area contributed by atoms with E-state index in [0.29, 0.717) is 25.7 Å². The van der Waals surface area contributed by atoms with Crippen LogP contribution >= 0.6 is 15.6 Å². The Labute approximate surface area is 580 Å². The highest BCUT2D eigenvalue weighted by molar-refractivity contribution is 7.47. The molecule has 17 nitrogen and oxygen atoms in total. The average Bonchev–Trinajstić information content (AvgIpc) is 1.15. The number of phosphoric ester groups is 2. The Bertz CT molecular complexity index is 2350. The first-order valence-corrected chi connectivity index (χ1v) is 39.4. The summed E-state index contributed by atoms with van der Waals surface area (Å²) in [6, 6.07) is 0. The fourth-order valence-corrected chi connectivity index (χ4v) is 10.7. The van der Waals surface area contributed by atoms with Crippen LogP contribution < -0.4 is 0 Å². The minimum Gasteiger partial charge on any atom is -0.462 e. The quantitative estimate of drug-likeness (QED) is 0.0169. The molecule has 0 aromatic rings. The van der Waals surface area contributed by atoms with Crippen molar-refractivity contribution in [3.63, 3.8) is 0 Å². The van der Waals surface area contributed by atoms with Crippen LogP contribution in [-0.4, -0.2) is 96.7 Å². The molecule has 96 heavy (non-hydrogen) atoms. The lowest BCUT2D eigenvalue weighted by atomic mass is 10.1. The molecule has 0 aliphatic rings. The average molecular weight is 1390 g/mol. The SMILES string of the molecule is CC/C=C\C/C=C\C/C=C\C/C=C\C/C=C\CCCCCC(=O)OCC(COP(=O)(O)OCC(O)COP(=O)(O)OCC(COC(=O)C/C=C\C/C=C\C/C=C\C/C=C\C/C=C\CC)OC(=O)CCCCCCCCCCCCC)OC(=O)CCCCCCC/C=C\CCCC. The van der Waals surface area contributed by atoms with Crippen LogP contribution in [0.3, 0.4) is 0 Å². The van der Waals surface area contributed by atoms with Gasteiger partial charge in [0.05, 0.1) is 32.8 Å². The van der Waals surface area contributed by atoms with Crippen LogP contribution in [0.25, 0.3) is 0 Å². The van der Waals surface area contributed by atoms with Crippen LogP contribution in [0.15, 0.2) is 134 Å². The lowest BCUT2D eigenvalue weighted by Crippen LogP contribution is -2.30. The second-order valence-electron chi connectivity index (χ2n) is 23.8. The van der Waals surface area contributed by atoms with Gasteiger partial charge in [-0.05, 0) is 116 Å². The number of aliphatic hydroxyl groups excluding tert-OH is 1. The highest BCUT2D eigenvalue weighted by Gasteiger charge is 2.30. The van der Waals surface area contributed by atoms with Gasteiger partial charge in [0.15, 0.2) is 12.2 Å². The van der Waals surface area contributed by atoms with Gasteiger partial charge in [-0.15, -0.1) is 0 Å². The largest absolute Gasteiger partial charge is 0.472 e. The van der Waals surface area contributed by atoms with E-state index in [1.54, 1.807) is 6.08 Å². The zero-order valence-corrected chi connectivity index (χ0v) is 61.3. The summed E-state index contributed by atoms with van der Waals surface area (Å²) in [5.41, 5.74) is 0. The molecule has 0 amide bonds. The molecule has 0 saturated carbocycles. The highest BCUT2D eigenvalue weighted by Crippen LogP contribution is 2.45. The van der Waals surface area contributed by atoms with E-state index in [1.165, 1.54) is 51.4 Å². The van der Waals surface area contributed by atoms with Gasteiger partial charge in [-0.3, -0.25) is 37.3 Å². The molecule has 0 aromatic carbocycles. The van der Waals surface area contributed by atoms with Gasteiger partial charge in [0.2, 0.25) is 0 Å². The Hall–Kier alpha value is -4.80. The van der Waals surface area contributed by atoms with E-state index in [-0.39, 0.29) is 25.7 Å². The molecule has 0 aromatic heterocycles. The standard InChI is InChI=1S/C77H128O17P2/c1-5-9-13-17-21-25-29-31-33-34-35-36-38-40-44-46-50-54-58-62-75(80)88-68-73(94-77(82)64-60-56-52-48-42-28-24-20-16-12-8-4)70-92-96(85,86)90-66-71(78)65-89-95(83,84)91-69-72(93-76(81)63-59-55-51-47-41-27-23-19-15-11-7-3)67-87-74(79)61-57-53-49-45-43-39-37-32-30-26-22-18-14-10-6-2/h9-10,13-14,20-22,24-26,31-33,35-37,40,43-45,53,57,71-73,78H,5-8,11-12,15-19,23,27-30,34,38-39,41-42,46-52,54-56,58-70H2,1-4H3,(H,83,84)(H,85,86)/b13-9-,14-10-,24-20-,25-21-,26-22-,33-31-,36-35-,37-32-,44-40-,45-43-,57-53-. The summed E-state index contributed by atoms with van der Waals surface area (Å²) >= 11 is 0. The zero-order chi connectivity index (χ0) is 70.4. The Morgan fingerprint density at radius 2 is 0.594 bits per heavy atom. The van der Waals surface area contributed by atoms with Crippen molar-refractivity contribution in [2.24, 2.45) is 0 Å². The van der Waals surface area contributed by atoms with Crippen molar-refractivity contribution < 1.29 is 80.2 Å². The van der Waals surface area contributed by atoms with Crippen molar-refractivity contribution in [2.75, 3.05) is 39.6 Å². The third kappa shape index (κ3) is 67.8. The van der Waals surface area contributed by atoms with E-state index in [0.717, 1.165) is 141 Å². The number of rotatable bonds is 67. The summed E-state index contributed by atoms with van der Waals surface area (Å²) < 4.78 is 68.1. The number of hydrogen-bond donors (Lipinski definition) is 3. The second kappa shape index (κ2) is 68.7. The van der Waals surface area contributed by atoms with Gasteiger partial charge >= 0.3 is 39.5 Å². The van der Waals surface area contributed by atoms with E-state index < -0.39 is 97.5 Å². The number of esters is 4. The van der Waals surface area contributed by atoms with E-state index in [2.05, 4.69) is 137 Å². The molecule has 0 spiro atoms. The number of aliphatic hydroxyl groups is 1. The molecule has 0 saturated heterocycles. The first-order chi connectivity index (χ1) is 46.7. The Balaban J connectivity index is 5.39. The van der Waals surface area contributed by atoms with Crippen molar-refractivity contribution in [1.82, 2.24) is 0 Å². The molecule has 0 heterocycles. The molecule has 5 unspecified atom stereocenters. The molecule has 5 atom stereocenters. The first kappa shape index (κ1) is 91.2. The number of hydrogen-bond acceptors (Lipinski definition) is 15. The van der Waals surface area contributed by atoms with Gasteiger partial charge in [-0.25, -0.2) is 9.13 Å². The topological polar surface area (TPSA) is 237 Å². The molecular weight excluding hydrogens is 1260 g/mol. The monoisotopic (exact) mass is 1390 g/mol. The number of carbonyl (C=O) groups excluding carboxylic acids is 4. The number of ether oxygens (including phenoxy) is 4. The summed E-state index contributed by atoms with van der Waals surface area (Å²) in [5, 5.41) is 10.6. The van der Waals surface area contributed by atoms with Crippen molar-refractivity contribution in [3.05, 3.63) is 134 Å². The molecule has 0 fully saturated rings. The lowest BCUT2D eigenvalue weighted by molar-refractivity contribution is -0.161. The van der Waals surface area contributed by atoms with Gasteiger partial charge in [-0.1, -0.05) is 264 Å². The van der Waals surface area contributed by atoms with Crippen LogP contribution in [-0.2, 0) is 65.4 Å². The van der Waals surface area contributed by atoms with Crippen LogP contribution in [0.1, 0.15) is 272 Å². The second-order valence-corrected chi connectivity index (χ2v) is 26.7. The molecule has 19 heteroatoms. The molecular formula is C77H128O17P2. The maximum atomic E-state index is 13.0. The molecule has 0 aliphatic heterocycles. The molecule has 0 rings (SSSR count). The van der Waals surface area contributed by atoms with Gasteiger partial charge in [0, 0.05) is 19.3 Å². The molecule has 3 N–H and O–H groups in total. The lowest BCUT2D eigenvalue weighted by Gasteiger charge is -2.21. The first-order valence-electron chi connectivity index (χ1n) is 36.4. The summed E-state index contributed by atoms with van der Waals surface area (Å²) in [6.07, 6.45) is 75.0. The Morgan fingerprint density at radius 3 is 0.979 bits per heavy atom. The normalized spacial score (nSPS) is 14.8. The number of unbranched alkanes of at least 4 members (excludes halogenated alkanes) is 20. The molecule has 0 bridgehead atoms. The van der Waals surface area contributed by atoms with E-state index in [9.17, 15) is 43.2 Å². The van der Waals surface area contributed by atoms with Crippen molar-refractivity contribution in [2.45, 2.75) is 290 Å². The van der Waals surface area contributed by atoms with Crippen molar-refractivity contribution in [3.8, 4) is 0 Å². The smallest absolute Gasteiger partial charge is 0.462 e. The molecule has 548 valence electrons. The van der Waals surface area contributed by atoms with Crippen LogP contribution in [0.2, 0.25) is 0 Å². The van der Waals surface area contributed by atoms with Crippen molar-refractivity contribution >= 4 is 39.5 Å². The number of allylic oxidation sites excluding steroid dienone is 21. The fourth-order valence-electron chi connectivity index (χ4n) is 9.12. The van der Waals surface area contributed by atoms with Gasteiger partial charge in [-0.2, -0.15) is 0 Å². The predicted octanol–water partition coefficient (Wildman–Crippen LogP) is 20.5. The zero-order valence-electron chi connectivity index (χ0n) is 59.5. The van der Waals surface area contributed by atoms with Gasteiger partial charge < -0.3 is 33.8 Å². The molecule has 0 aliphatic carbocycles. The van der Waals surface area contributed by atoms with Gasteiger partial charge in [0.25, 0.3) is 0 Å². The highest BCUT2D eigenvalue weighted by atomic mass is 31.2. The van der Waals surface area contributed by atoms with Crippen LogP contribution in [0.4, 0.5) is 0 Å².